The first-order valence-corrected chi connectivity index (χ1v) is 8.07. The molecule has 5 nitrogen and oxygen atoms in total. The molecule has 1 aromatic heterocycles. The number of H-pyrrole nitrogens is 1. The zero-order valence-corrected chi connectivity index (χ0v) is 13.1. The Labute approximate surface area is 138 Å². The molecule has 24 heavy (non-hydrogen) atoms. The maximum Gasteiger partial charge on any atom is 0.254 e. The molecule has 0 unspecified atom stereocenters. The van der Waals surface area contributed by atoms with Gasteiger partial charge in [0.25, 0.3) is 5.91 Å². The van der Waals surface area contributed by atoms with Crippen LogP contribution in [0.1, 0.15) is 28.8 Å². The third kappa shape index (κ3) is 2.75. The number of hydrogen-bond acceptors (Lipinski definition) is 3. The summed E-state index contributed by atoms with van der Waals surface area (Å²) in [5.41, 5.74) is 2.96. The fourth-order valence-electron chi connectivity index (χ4n) is 3.39. The number of halogens is 1. The van der Waals surface area contributed by atoms with Gasteiger partial charge in [0.2, 0.25) is 0 Å². The maximum absolute atomic E-state index is 13.4. The molecule has 0 spiro atoms. The SMILES string of the molecule is O=C(c1ccc2n[nH]nc2c1)N1CCC[C@@H]1Cc1cccc(F)c1. The Morgan fingerprint density at radius 1 is 1.21 bits per heavy atom. The second-order valence-electron chi connectivity index (χ2n) is 6.16. The molecule has 0 aliphatic carbocycles. The van der Waals surface area contributed by atoms with Crippen LogP contribution < -0.4 is 0 Å². The van der Waals surface area contributed by atoms with Gasteiger partial charge in [-0.2, -0.15) is 15.4 Å². The molecule has 1 fully saturated rings. The van der Waals surface area contributed by atoms with Gasteiger partial charge in [0.05, 0.1) is 0 Å². The summed E-state index contributed by atoms with van der Waals surface area (Å²) >= 11 is 0. The Balaban J connectivity index is 1.56. The molecule has 6 heteroatoms. The molecule has 0 saturated carbocycles. The first-order chi connectivity index (χ1) is 11.7. The highest BCUT2D eigenvalue weighted by molar-refractivity contribution is 5.97. The summed E-state index contributed by atoms with van der Waals surface area (Å²) in [5.74, 6) is -0.237. The number of fused-ring (bicyclic) bond motifs is 1. The predicted octanol–water partition coefficient (Wildman–Crippen LogP) is 2.94. The molecular weight excluding hydrogens is 307 g/mol. The van der Waals surface area contributed by atoms with E-state index in [-0.39, 0.29) is 17.8 Å². The van der Waals surface area contributed by atoms with E-state index in [9.17, 15) is 9.18 Å². The fourth-order valence-corrected chi connectivity index (χ4v) is 3.39. The minimum absolute atomic E-state index is 0.00111. The van der Waals surface area contributed by atoms with Crippen molar-refractivity contribution in [3.05, 3.63) is 59.4 Å². The Bertz CT molecular complexity index is 891. The average molecular weight is 324 g/mol. The van der Waals surface area contributed by atoms with Gasteiger partial charge in [-0.3, -0.25) is 4.79 Å². The lowest BCUT2D eigenvalue weighted by atomic mass is 10.0. The van der Waals surface area contributed by atoms with E-state index >= 15 is 0 Å². The minimum atomic E-state index is -0.236. The Morgan fingerprint density at radius 2 is 2.08 bits per heavy atom. The van der Waals surface area contributed by atoms with E-state index < -0.39 is 0 Å². The minimum Gasteiger partial charge on any atom is -0.335 e. The summed E-state index contributed by atoms with van der Waals surface area (Å²) in [4.78, 5) is 14.8. The smallest absolute Gasteiger partial charge is 0.254 e. The van der Waals surface area contributed by atoms with Gasteiger partial charge in [-0.15, -0.1) is 0 Å². The predicted molar refractivity (Wildman–Crippen MR) is 88.1 cm³/mol. The summed E-state index contributed by atoms with van der Waals surface area (Å²) in [6, 6.07) is 12.0. The van der Waals surface area contributed by atoms with E-state index in [2.05, 4.69) is 15.4 Å². The van der Waals surface area contributed by atoms with E-state index in [1.807, 2.05) is 11.0 Å². The van der Waals surface area contributed by atoms with E-state index in [1.165, 1.54) is 6.07 Å². The maximum atomic E-state index is 13.4. The van der Waals surface area contributed by atoms with Gasteiger partial charge in [-0.25, -0.2) is 4.39 Å². The van der Waals surface area contributed by atoms with E-state index in [1.54, 1.807) is 30.3 Å². The van der Waals surface area contributed by atoms with Crippen molar-refractivity contribution in [2.45, 2.75) is 25.3 Å². The number of aromatic amines is 1. The normalized spacial score (nSPS) is 17.5. The monoisotopic (exact) mass is 324 g/mol. The summed E-state index contributed by atoms with van der Waals surface area (Å²) in [5, 5.41) is 10.6. The van der Waals surface area contributed by atoms with Crippen LogP contribution in [0.5, 0.6) is 0 Å². The Kier molecular flexibility index (Phi) is 3.72. The second-order valence-corrected chi connectivity index (χ2v) is 6.16. The zero-order valence-electron chi connectivity index (χ0n) is 13.1. The molecule has 3 aromatic rings. The number of hydrogen-bond donors (Lipinski definition) is 1. The third-order valence-corrected chi connectivity index (χ3v) is 4.56. The lowest BCUT2D eigenvalue weighted by Gasteiger charge is -2.25. The molecule has 1 atom stereocenters. The lowest BCUT2D eigenvalue weighted by Crippen LogP contribution is -2.36. The van der Waals surface area contributed by atoms with E-state index in [4.69, 9.17) is 0 Å². The van der Waals surface area contributed by atoms with Crippen molar-refractivity contribution in [2.75, 3.05) is 6.54 Å². The topological polar surface area (TPSA) is 61.9 Å². The van der Waals surface area contributed by atoms with Crippen molar-refractivity contribution in [1.82, 2.24) is 20.3 Å². The third-order valence-electron chi connectivity index (χ3n) is 4.56. The van der Waals surface area contributed by atoms with Crippen LogP contribution in [0, 0.1) is 5.82 Å². The molecule has 2 heterocycles. The number of carbonyl (C=O) groups excluding carboxylic acids is 1. The average Bonchev–Trinajstić information content (AvgIpc) is 3.22. The highest BCUT2D eigenvalue weighted by atomic mass is 19.1. The molecular formula is C18H17FN4O. The molecule has 1 saturated heterocycles. The largest absolute Gasteiger partial charge is 0.335 e. The van der Waals surface area contributed by atoms with Crippen molar-refractivity contribution in [1.29, 1.82) is 0 Å². The number of carbonyl (C=O) groups is 1. The van der Waals surface area contributed by atoms with Crippen LogP contribution in [0.3, 0.4) is 0 Å². The second kappa shape index (κ2) is 6.03. The van der Waals surface area contributed by atoms with Crippen LogP contribution in [0.15, 0.2) is 42.5 Å². The first kappa shape index (κ1) is 14.8. The van der Waals surface area contributed by atoms with Crippen molar-refractivity contribution < 1.29 is 9.18 Å². The summed E-state index contributed by atoms with van der Waals surface area (Å²) in [6.45, 7) is 0.732. The van der Waals surface area contributed by atoms with Gasteiger partial charge in [-0.1, -0.05) is 12.1 Å². The molecule has 2 aromatic carbocycles. The van der Waals surface area contributed by atoms with Crippen LogP contribution in [0.25, 0.3) is 11.0 Å². The van der Waals surface area contributed by atoms with E-state index in [0.717, 1.165) is 30.5 Å². The van der Waals surface area contributed by atoms with Crippen LogP contribution >= 0.6 is 0 Å². The van der Waals surface area contributed by atoms with Crippen molar-refractivity contribution in [3.63, 3.8) is 0 Å². The van der Waals surface area contributed by atoms with Crippen LogP contribution in [0.4, 0.5) is 4.39 Å². The van der Waals surface area contributed by atoms with Crippen molar-refractivity contribution in [2.24, 2.45) is 0 Å². The molecule has 0 bridgehead atoms. The van der Waals surface area contributed by atoms with Crippen LogP contribution in [-0.4, -0.2) is 38.8 Å². The van der Waals surface area contributed by atoms with Gasteiger partial charge in [-0.05, 0) is 55.2 Å². The lowest BCUT2D eigenvalue weighted by molar-refractivity contribution is 0.0736. The fraction of sp³-hybridized carbons (Fsp3) is 0.278. The van der Waals surface area contributed by atoms with E-state index in [0.29, 0.717) is 17.5 Å². The van der Waals surface area contributed by atoms with Crippen LogP contribution in [-0.2, 0) is 6.42 Å². The number of benzene rings is 2. The molecule has 122 valence electrons. The highest BCUT2D eigenvalue weighted by Gasteiger charge is 2.29. The molecule has 1 aliphatic rings. The number of nitrogens with one attached hydrogen (secondary N) is 1. The quantitative estimate of drug-likeness (QED) is 0.806. The number of likely N-dealkylation sites (tertiary alicyclic amines) is 1. The van der Waals surface area contributed by atoms with Gasteiger partial charge < -0.3 is 4.90 Å². The van der Waals surface area contributed by atoms with Gasteiger partial charge in [0.15, 0.2) is 0 Å². The zero-order chi connectivity index (χ0) is 16.5. The first-order valence-electron chi connectivity index (χ1n) is 8.07. The summed E-state index contributed by atoms with van der Waals surface area (Å²) in [6.07, 6.45) is 2.59. The number of aromatic nitrogens is 3. The standard InChI is InChI=1S/C18H17FN4O/c19-14-4-1-3-12(9-14)10-15-5-2-8-23(15)18(24)13-6-7-16-17(11-13)21-22-20-16/h1,3-4,6-7,9,11,15H,2,5,8,10H2,(H,20,21,22)/t15-/m1/s1. The molecule has 1 aliphatic heterocycles. The molecule has 1 amide bonds. The van der Waals surface area contributed by atoms with Crippen molar-refractivity contribution in [3.8, 4) is 0 Å². The van der Waals surface area contributed by atoms with Gasteiger partial charge >= 0.3 is 0 Å². The Morgan fingerprint density at radius 3 is 2.96 bits per heavy atom. The van der Waals surface area contributed by atoms with Gasteiger partial charge in [0, 0.05) is 18.2 Å². The summed E-state index contributed by atoms with van der Waals surface area (Å²) < 4.78 is 13.4. The van der Waals surface area contributed by atoms with Crippen LogP contribution in [0.2, 0.25) is 0 Å². The molecule has 0 radical (unpaired) electrons. The molecule has 1 N–H and O–H groups in total. The highest BCUT2D eigenvalue weighted by Crippen LogP contribution is 2.24. The Hall–Kier alpha value is -2.76. The number of amides is 1. The van der Waals surface area contributed by atoms with Crippen molar-refractivity contribution >= 4 is 16.9 Å². The number of nitrogens with zero attached hydrogens (tertiary/aromatic N) is 3. The van der Waals surface area contributed by atoms with Gasteiger partial charge in [0.1, 0.15) is 16.9 Å². The molecule has 4 rings (SSSR count). The number of rotatable bonds is 3. The summed E-state index contributed by atoms with van der Waals surface area (Å²) in [7, 11) is 0.